The highest BCUT2D eigenvalue weighted by Crippen LogP contribution is 2.27. The Labute approximate surface area is 196 Å². The van der Waals surface area contributed by atoms with Crippen molar-refractivity contribution in [1.82, 2.24) is 14.4 Å². The number of nitrogens with zero attached hydrogens (tertiary/aromatic N) is 3. The van der Waals surface area contributed by atoms with Gasteiger partial charge in [-0.05, 0) is 44.2 Å². The molecule has 2 unspecified atom stereocenters. The predicted molar refractivity (Wildman–Crippen MR) is 133 cm³/mol. The first-order valence-electron chi connectivity index (χ1n) is 12.4. The minimum Gasteiger partial charge on any atom is -0.373 e. The number of fused-ring (bicyclic) bond motifs is 1. The fourth-order valence-corrected chi connectivity index (χ4v) is 5.62. The molecule has 0 radical (unpaired) electrons. The Balaban J connectivity index is 1.26. The molecule has 2 aliphatic rings. The summed E-state index contributed by atoms with van der Waals surface area (Å²) in [5, 5.41) is 1.05. The van der Waals surface area contributed by atoms with E-state index >= 15 is 0 Å². The lowest BCUT2D eigenvalue weighted by atomic mass is 9.95. The highest BCUT2D eigenvalue weighted by Gasteiger charge is 2.29. The fraction of sp³-hybridized carbons (Fsp3) is 0.464. The molecule has 5 heteroatoms. The number of ether oxygens (including phenoxy) is 1. The topological polar surface area (TPSA) is 37.7 Å². The number of aromatic nitrogens is 1. The fourth-order valence-electron chi connectivity index (χ4n) is 5.62. The lowest BCUT2D eigenvalue weighted by molar-refractivity contribution is -0.0728. The first-order chi connectivity index (χ1) is 16.1. The molecule has 33 heavy (non-hydrogen) atoms. The normalized spacial score (nSPS) is 22.7. The van der Waals surface area contributed by atoms with Crippen LogP contribution in [0.5, 0.6) is 0 Å². The van der Waals surface area contributed by atoms with Gasteiger partial charge < -0.3 is 14.2 Å². The van der Waals surface area contributed by atoms with E-state index in [-0.39, 0.29) is 5.91 Å². The number of likely N-dealkylation sites (tertiary alicyclic amines) is 1. The maximum atomic E-state index is 13.5. The van der Waals surface area contributed by atoms with Crippen LogP contribution < -0.4 is 0 Å². The van der Waals surface area contributed by atoms with E-state index in [1.807, 2.05) is 12.1 Å². The van der Waals surface area contributed by atoms with Gasteiger partial charge in [0.2, 0.25) is 0 Å². The number of rotatable bonds is 5. The van der Waals surface area contributed by atoms with Crippen molar-refractivity contribution in [3.05, 3.63) is 71.9 Å². The van der Waals surface area contributed by atoms with E-state index in [1.54, 1.807) is 0 Å². The summed E-state index contributed by atoms with van der Waals surface area (Å²) in [5.41, 5.74) is 3.19. The van der Waals surface area contributed by atoms with Crippen LogP contribution in [0.1, 0.15) is 42.6 Å². The van der Waals surface area contributed by atoms with E-state index in [9.17, 15) is 4.79 Å². The van der Waals surface area contributed by atoms with Gasteiger partial charge in [0.05, 0.1) is 17.8 Å². The third-order valence-corrected chi connectivity index (χ3v) is 7.13. The smallest absolute Gasteiger partial charge is 0.256 e. The van der Waals surface area contributed by atoms with Gasteiger partial charge in [0, 0.05) is 56.4 Å². The van der Waals surface area contributed by atoms with E-state index in [2.05, 4.69) is 76.9 Å². The lowest BCUT2D eigenvalue weighted by Crippen LogP contribution is -2.48. The molecule has 0 bridgehead atoms. The summed E-state index contributed by atoms with van der Waals surface area (Å²) in [6.07, 6.45) is 4.83. The second-order valence-electron chi connectivity index (χ2n) is 9.88. The zero-order chi connectivity index (χ0) is 22.8. The highest BCUT2D eigenvalue weighted by atomic mass is 16.5. The average Bonchev–Trinajstić information content (AvgIpc) is 3.17. The molecule has 2 aromatic carbocycles. The number of hydrogen-bond acceptors (Lipinski definition) is 3. The van der Waals surface area contributed by atoms with Crippen molar-refractivity contribution in [1.29, 1.82) is 0 Å². The predicted octanol–water partition coefficient (Wildman–Crippen LogP) is 4.65. The molecule has 1 aromatic heterocycles. The Hall–Kier alpha value is -2.63. The van der Waals surface area contributed by atoms with Gasteiger partial charge in [0.25, 0.3) is 5.91 Å². The molecule has 3 heterocycles. The van der Waals surface area contributed by atoms with E-state index in [1.165, 1.54) is 5.56 Å². The summed E-state index contributed by atoms with van der Waals surface area (Å²) in [5.74, 6) is 0.830. The van der Waals surface area contributed by atoms with Crippen molar-refractivity contribution in [2.75, 3.05) is 32.7 Å². The van der Waals surface area contributed by atoms with E-state index in [0.717, 1.165) is 68.6 Å². The largest absolute Gasteiger partial charge is 0.373 e. The molecule has 1 amide bonds. The van der Waals surface area contributed by atoms with E-state index in [0.29, 0.717) is 18.1 Å². The van der Waals surface area contributed by atoms with Crippen LogP contribution in [0, 0.1) is 5.92 Å². The number of carbonyl (C=O) groups excluding carboxylic acids is 1. The number of para-hydroxylation sites is 1. The number of benzene rings is 2. The van der Waals surface area contributed by atoms with Crippen LogP contribution in [0.2, 0.25) is 0 Å². The first kappa shape index (κ1) is 22.2. The molecule has 0 saturated carbocycles. The molecule has 5 nitrogen and oxygen atoms in total. The van der Waals surface area contributed by atoms with Gasteiger partial charge in [0.1, 0.15) is 0 Å². The molecule has 0 N–H and O–H groups in total. The molecule has 174 valence electrons. The Morgan fingerprint density at radius 2 is 1.61 bits per heavy atom. The van der Waals surface area contributed by atoms with Crippen LogP contribution in [-0.2, 0) is 11.3 Å². The molecule has 3 aromatic rings. The molecule has 0 spiro atoms. The molecule has 5 rings (SSSR count). The highest BCUT2D eigenvalue weighted by molar-refractivity contribution is 6.07. The van der Waals surface area contributed by atoms with Crippen LogP contribution in [0.15, 0.2) is 60.8 Å². The summed E-state index contributed by atoms with van der Waals surface area (Å²) in [7, 11) is 0. The lowest BCUT2D eigenvalue weighted by Gasteiger charge is -2.39. The third-order valence-electron chi connectivity index (χ3n) is 7.13. The van der Waals surface area contributed by atoms with Crippen molar-refractivity contribution >= 4 is 16.8 Å². The first-order valence-corrected chi connectivity index (χ1v) is 12.4. The standard InChI is InChI=1S/C28H35N3O2/c1-21-16-29(17-22(2)33-21)18-24-12-14-30(15-13-24)28(32)26-20-31(19-23-8-4-3-5-9-23)27-11-7-6-10-25(26)27/h3-11,20-22,24H,12-19H2,1-2H3. The molecular formula is C28H35N3O2. The van der Waals surface area contributed by atoms with E-state index < -0.39 is 0 Å². The number of piperidine rings is 1. The summed E-state index contributed by atoms with van der Waals surface area (Å²) in [6.45, 7) is 9.95. The van der Waals surface area contributed by atoms with Crippen molar-refractivity contribution in [3.63, 3.8) is 0 Å². The number of carbonyl (C=O) groups is 1. The zero-order valence-electron chi connectivity index (χ0n) is 19.8. The van der Waals surface area contributed by atoms with Crippen molar-refractivity contribution in [2.45, 2.75) is 45.4 Å². The second kappa shape index (κ2) is 9.70. The zero-order valence-corrected chi connectivity index (χ0v) is 19.8. The number of hydrogen-bond donors (Lipinski definition) is 0. The van der Waals surface area contributed by atoms with Crippen LogP contribution in [0.25, 0.3) is 10.9 Å². The van der Waals surface area contributed by atoms with Crippen LogP contribution in [0.4, 0.5) is 0 Å². The molecular weight excluding hydrogens is 410 g/mol. The second-order valence-corrected chi connectivity index (χ2v) is 9.88. The van der Waals surface area contributed by atoms with Gasteiger partial charge in [-0.15, -0.1) is 0 Å². The van der Waals surface area contributed by atoms with Gasteiger partial charge in [-0.25, -0.2) is 0 Å². The summed E-state index contributed by atoms with van der Waals surface area (Å²) in [6, 6.07) is 18.7. The Morgan fingerprint density at radius 3 is 2.33 bits per heavy atom. The Bertz CT molecular complexity index is 1070. The Morgan fingerprint density at radius 1 is 0.939 bits per heavy atom. The van der Waals surface area contributed by atoms with Crippen LogP contribution >= 0.6 is 0 Å². The van der Waals surface area contributed by atoms with Gasteiger partial charge in [0.15, 0.2) is 0 Å². The molecule has 2 fully saturated rings. The van der Waals surface area contributed by atoms with E-state index in [4.69, 9.17) is 4.74 Å². The van der Waals surface area contributed by atoms with Crippen molar-refractivity contribution < 1.29 is 9.53 Å². The summed E-state index contributed by atoms with van der Waals surface area (Å²) < 4.78 is 8.09. The van der Waals surface area contributed by atoms with Gasteiger partial charge in [-0.3, -0.25) is 9.69 Å². The number of amides is 1. The van der Waals surface area contributed by atoms with Crippen molar-refractivity contribution in [2.24, 2.45) is 5.92 Å². The Kier molecular flexibility index (Phi) is 6.52. The number of morpholine rings is 1. The molecule has 2 aliphatic heterocycles. The quantitative estimate of drug-likeness (QED) is 0.574. The minimum atomic E-state index is 0.171. The van der Waals surface area contributed by atoms with Crippen LogP contribution in [-0.4, -0.2) is 65.2 Å². The van der Waals surface area contributed by atoms with Crippen molar-refractivity contribution in [3.8, 4) is 0 Å². The van der Waals surface area contributed by atoms with Gasteiger partial charge in [-0.1, -0.05) is 48.5 Å². The minimum absolute atomic E-state index is 0.171. The maximum Gasteiger partial charge on any atom is 0.256 e. The van der Waals surface area contributed by atoms with Crippen LogP contribution in [0.3, 0.4) is 0 Å². The monoisotopic (exact) mass is 445 g/mol. The summed E-state index contributed by atoms with van der Waals surface area (Å²) >= 11 is 0. The SMILES string of the molecule is CC1CN(CC2CCN(C(=O)c3cn(Cc4ccccc4)c4ccccc34)CC2)CC(C)O1. The molecule has 0 aliphatic carbocycles. The van der Waals surface area contributed by atoms with Gasteiger partial charge in [-0.2, -0.15) is 0 Å². The molecule has 2 saturated heterocycles. The summed E-state index contributed by atoms with van der Waals surface area (Å²) in [4.78, 5) is 18.2. The van der Waals surface area contributed by atoms with Gasteiger partial charge >= 0.3 is 0 Å². The average molecular weight is 446 g/mol. The third kappa shape index (κ3) is 4.99. The maximum absolute atomic E-state index is 13.5. The molecule has 2 atom stereocenters.